The third-order valence-corrected chi connectivity index (χ3v) is 3.24. The average molecular weight is 264 g/mol. The first kappa shape index (κ1) is 13.0. The van der Waals surface area contributed by atoms with Crippen LogP contribution in [0.4, 0.5) is 5.69 Å². The molecule has 0 radical (unpaired) electrons. The second kappa shape index (κ2) is 5.96. The zero-order chi connectivity index (χ0) is 13.0. The lowest BCUT2D eigenvalue weighted by molar-refractivity contribution is 0.495. The minimum absolute atomic E-state index is 0.357. The first-order valence-electron chi connectivity index (χ1n) is 6.20. The van der Waals surface area contributed by atoms with Crippen molar-refractivity contribution in [3.8, 4) is 0 Å². The van der Waals surface area contributed by atoms with Gasteiger partial charge in [-0.3, -0.25) is 0 Å². The molecule has 0 saturated carbocycles. The Bertz CT molecular complexity index is 493. The molecule has 1 aromatic carbocycles. The summed E-state index contributed by atoms with van der Waals surface area (Å²) in [6.07, 6.45) is 3.66. The smallest absolute Gasteiger partial charge is 0.103 e. The molecular weight excluding hydrogens is 246 g/mol. The highest BCUT2D eigenvalue weighted by atomic mass is 35.5. The van der Waals surface area contributed by atoms with Gasteiger partial charge in [-0.2, -0.15) is 0 Å². The molecule has 0 aliphatic carbocycles. The van der Waals surface area contributed by atoms with E-state index in [4.69, 9.17) is 16.0 Å². The third kappa shape index (κ3) is 3.54. The number of aryl methyl sites for hydroxylation is 2. The van der Waals surface area contributed by atoms with E-state index in [9.17, 15) is 0 Å². The Morgan fingerprint density at radius 1 is 1.33 bits per heavy atom. The van der Waals surface area contributed by atoms with E-state index in [2.05, 4.69) is 18.3 Å². The molecule has 2 nitrogen and oxygen atoms in total. The van der Waals surface area contributed by atoms with Crippen molar-refractivity contribution < 1.29 is 4.42 Å². The maximum atomic E-state index is 6.19. The summed E-state index contributed by atoms with van der Waals surface area (Å²) in [7, 11) is 0. The normalized spacial score (nSPS) is 12.4. The van der Waals surface area contributed by atoms with E-state index >= 15 is 0 Å². The van der Waals surface area contributed by atoms with Crippen molar-refractivity contribution in [2.45, 2.75) is 32.7 Å². The first-order chi connectivity index (χ1) is 8.65. The summed E-state index contributed by atoms with van der Waals surface area (Å²) in [4.78, 5) is 0. The molecule has 96 valence electrons. The summed E-state index contributed by atoms with van der Waals surface area (Å²) in [5.74, 6) is 1.03. The van der Waals surface area contributed by atoms with Crippen LogP contribution in [-0.2, 0) is 6.42 Å². The van der Waals surface area contributed by atoms with Gasteiger partial charge in [0.25, 0.3) is 0 Å². The predicted octanol–water partition coefficient (Wildman–Crippen LogP) is 4.67. The lowest BCUT2D eigenvalue weighted by Gasteiger charge is -2.16. The van der Waals surface area contributed by atoms with Crippen molar-refractivity contribution in [1.29, 1.82) is 0 Å². The fourth-order valence-electron chi connectivity index (χ4n) is 1.89. The molecule has 0 aliphatic heterocycles. The molecule has 0 saturated heterocycles. The Labute approximate surface area is 113 Å². The molecule has 1 N–H and O–H groups in total. The molecule has 2 rings (SSSR count). The van der Waals surface area contributed by atoms with Gasteiger partial charge >= 0.3 is 0 Å². The van der Waals surface area contributed by atoms with Crippen LogP contribution in [0, 0.1) is 6.92 Å². The van der Waals surface area contributed by atoms with E-state index in [-0.39, 0.29) is 0 Å². The second-order valence-corrected chi connectivity index (χ2v) is 5.05. The van der Waals surface area contributed by atoms with Crippen LogP contribution in [0.2, 0.25) is 5.02 Å². The van der Waals surface area contributed by atoms with E-state index < -0.39 is 0 Å². The molecule has 0 aliphatic rings. The van der Waals surface area contributed by atoms with Gasteiger partial charge in [0.05, 0.1) is 17.0 Å². The maximum absolute atomic E-state index is 6.19. The molecule has 0 bridgehead atoms. The summed E-state index contributed by atoms with van der Waals surface area (Å²) < 4.78 is 5.32. The molecule has 0 fully saturated rings. The number of hydrogen-bond donors (Lipinski definition) is 1. The minimum atomic E-state index is 0.357. The molecule has 1 aromatic heterocycles. The fraction of sp³-hybridized carbons (Fsp3) is 0.333. The Hall–Kier alpha value is -1.41. The number of nitrogens with one attached hydrogen (secondary N) is 1. The molecular formula is C15H18ClNO. The van der Waals surface area contributed by atoms with Crippen LogP contribution in [0.5, 0.6) is 0 Å². The monoisotopic (exact) mass is 263 g/mol. The number of hydrogen-bond acceptors (Lipinski definition) is 2. The molecule has 0 spiro atoms. The van der Waals surface area contributed by atoms with Crippen LogP contribution < -0.4 is 5.32 Å². The number of benzene rings is 1. The van der Waals surface area contributed by atoms with Gasteiger partial charge in [0.1, 0.15) is 5.76 Å². The van der Waals surface area contributed by atoms with Crippen LogP contribution in [0.25, 0.3) is 0 Å². The molecule has 0 amide bonds. The van der Waals surface area contributed by atoms with Crippen molar-refractivity contribution in [3.63, 3.8) is 0 Å². The minimum Gasteiger partial charge on any atom is -0.469 e. The lowest BCUT2D eigenvalue weighted by Crippen LogP contribution is -2.16. The molecule has 1 unspecified atom stereocenters. The summed E-state index contributed by atoms with van der Waals surface area (Å²) in [6, 6.07) is 10.4. The third-order valence-electron chi connectivity index (χ3n) is 2.93. The lowest BCUT2D eigenvalue weighted by atomic mass is 10.1. The number of furan rings is 1. The standard InChI is InChI=1S/C15H18ClNO/c1-11-5-8-15(14(16)10-11)17-12(2)6-7-13-4-3-9-18-13/h3-5,8-10,12,17H,6-7H2,1-2H3. The number of halogens is 1. The number of rotatable bonds is 5. The fourth-order valence-corrected chi connectivity index (χ4v) is 2.18. The van der Waals surface area contributed by atoms with E-state index in [0.29, 0.717) is 6.04 Å². The van der Waals surface area contributed by atoms with Gasteiger partial charge in [-0.05, 0) is 50.1 Å². The summed E-state index contributed by atoms with van der Waals surface area (Å²) in [5, 5.41) is 4.20. The Morgan fingerprint density at radius 3 is 2.83 bits per heavy atom. The average Bonchev–Trinajstić information content (AvgIpc) is 2.83. The van der Waals surface area contributed by atoms with Gasteiger partial charge in [0.2, 0.25) is 0 Å². The number of anilines is 1. The zero-order valence-corrected chi connectivity index (χ0v) is 11.5. The van der Waals surface area contributed by atoms with Crippen LogP contribution in [0.3, 0.4) is 0 Å². The van der Waals surface area contributed by atoms with E-state index in [1.807, 2.05) is 31.2 Å². The second-order valence-electron chi connectivity index (χ2n) is 4.65. The molecule has 1 heterocycles. The van der Waals surface area contributed by atoms with Gasteiger partial charge in [-0.1, -0.05) is 17.7 Å². The van der Waals surface area contributed by atoms with Gasteiger partial charge in [-0.25, -0.2) is 0 Å². The van der Waals surface area contributed by atoms with Crippen molar-refractivity contribution in [1.82, 2.24) is 0 Å². The molecule has 2 aromatic rings. The molecule has 1 atom stereocenters. The Morgan fingerprint density at radius 2 is 2.17 bits per heavy atom. The van der Waals surface area contributed by atoms with E-state index in [1.54, 1.807) is 6.26 Å². The molecule has 18 heavy (non-hydrogen) atoms. The summed E-state index contributed by atoms with van der Waals surface area (Å²) in [6.45, 7) is 4.19. The molecule has 3 heteroatoms. The Balaban J connectivity index is 1.88. The Kier molecular flexibility index (Phi) is 4.32. The van der Waals surface area contributed by atoms with Crippen molar-refractivity contribution in [3.05, 3.63) is 52.9 Å². The van der Waals surface area contributed by atoms with Crippen molar-refractivity contribution in [2.75, 3.05) is 5.32 Å². The maximum Gasteiger partial charge on any atom is 0.103 e. The largest absolute Gasteiger partial charge is 0.469 e. The highest BCUT2D eigenvalue weighted by molar-refractivity contribution is 6.33. The van der Waals surface area contributed by atoms with Crippen LogP contribution in [-0.4, -0.2) is 6.04 Å². The highest BCUT2D eigenvalue weighted by Gasteiger charge is 2.06. The van der Waals surface area contributed by atoms with Crippen LogP contribution in [0.1, 0.15) is 24.7 Å². The van der Waals surface area contributed by atoms with Gasteiger partial charge in [-0.15, -0.1) is 0 Å². The highest BCUT2D eigenvalue weighted by Crippen LogP contribution is 2.24. The van der Waals surface area contributed by atoms with Gasteiger partial charge in [0, 0.05) is 12.5 Å². The van der Waals surface area contributed by atoms with Crippen LogP contribution in [0.15, 0.2) is 41.0 Å². The SMILES string of the molecule is Cc1ccc(NC(C)CCc2ccco2)c(Cl)c1. The van der Waals surface area contributed by atoms with Crippen molar-refractivity contribution in [2.24, 2.45) is 0 Å². The van der Waals surface area contributed by atoms with E-state index in [1.165, 1.54) is 5.56 Å². The zero-order valence-electron chi connectivity index (χ0n) is 10.7. The van der Waals surface area contributed by atoms with Gasteiger partial charge < -0.3 is 9.73 Å². The first-order valence-corrected chi connectivity index (χ1v) is 6.58. The van der Waals surface area contributed by atoms with Crippen molar-refractivity contribution >= 4 is 17.3 Å². The van der Waals surface area contributed by atoms with E-state index in [0.717, 1.165) is 29.3 Å². The topological polar surface area (TPSA) is 25.2 Å². The van der Waals surface area contributed by atoms with Crippen LogP contribution >= 0.6 is 11.6 Å². The summed E-state index contributed by atoms with van der Waals surface area (Å²) in [5.41, 5.74) is 2.17. The summed E-state index contributed by atoms with van der Waals surface area (Å²) >= 11 is 6.19. The van der Waals surface area contributed by atoms with Gasteiger partial charge in [0.15, 0.2) is 0 Å². The predicted molar refractivity (Wildman–Crippen MR) is 76.3 cm³/mol. The quantitative estimate of drug-likeness (QED) is 0.848.